The second-order valence-corrected chi connectivity index (χ2v) is 19.2. The van der Waals surface area contributed by atoms with Gasteiger partial charge >= 0.3 is 23.9 Å². The van der Waals surface area contributed by atoms with Crippen molar-refractivity contribution < 1.29 is 58.2 Å². The maximum Gasteiger partial charge on any atom is 0.335 e. The van der Waals surface area contributed by atoms with Crippen molar-refractivity contribution in [2.45, 2.75) is 237 Å². The average Bonchev–Trinajstić information content (AvgIpc) is 3.42. The first-order valence-corrected chi connectivity index (χ1v) is 29.2. The Morgan fingerprint density at radius 1 is 0.442 bits per heavy atom. The van der Waals surface area contributed by atoms with Crippen LogP contribution in [-0.4, -0.2) is 89.2 Å². The predicted molar refractivity (Wildman–Crippen MR) is 312 cm³/mol. The fourth-order valence-electron chi connectivity index (χ4n) is 7.77. The average molecular weight is 1070 g/mol. The molecule has 0 aromatic carbocycles. The smallest absolute Gasteiger partial charge is 0.335 e. The molecule has 0 amide bonds. The van der Waals surface area contributed by atoms with Gasteiger partial charge in [0.2, 0.25) is 0 Å². The van der Waals surface area contributed by atoms with Crippen LogP contribution in [0.25, 0.3) is 0 Å². The molecule has 1 rings (SSSR count). The van der Waals surface area contributed by atoms with Crippen LogP contribution >= 0.6 is 0 Å². The van der Waals surface area contributed by atoms with Crippen molar-refractivity contribution in [2.75, 3.05) is 13.2 Å². The number of carbonyl (C=O) groups excluding carboxylic acids is 3. The molecule has 6 unspecified atom stereocenters. The lowest BCUT2D eigenvalue weighted by atomic mass is 9.98. The molecule has 1 aliphatic rings. The first-order valence-electron chi connectivity index (χ1n) is 29.2. The monoisotopic (exact) mass is 1070 g/mol. The van der Waals surface area contributed by atoms with Crippen LogP contribution in [0.1, 0.15) is 201 Å². The highest BCUT2D eigenvalue weighted by Gasteiger charge is 2.50. The third-order valence-corrected chi connectivity index (χ3v) is 12.2. The van der Waals surface area contributed by atoms with Gasteiger partial charge in [0.1, 0.15) is 18.8 Å². The summed E-state index contributed by atoms with van der Waals surface area (Å²) in [5.74, 6) is -3.26. The van der Waals surface area contributed by atoms with Gasteiger partial charge in [0.15, 0.2) is 24.6 Å². The van der Waals surface area contributed by atoms with Crippen LogP contribution in [0.2, 0.25) is 0 Å². The summed E-state index contributed by atoms with van der Waals surface area (Å²) in [6.07, 6.45) is 60.0. The SMILES string of the molecule is CC/C=C\C/C=C\C/C=C\C/C=C\C/C=C\CCCCCC(=O)OCC(COC1OC(C(=O)O)C(O)C(O)C1OC(=O)CCCC/C=C\C/C=C\C/C=C\C/C=C\CC)OC(=O)CCCCCCC/C=C\C/C=C\CCC. The molecule has 0 aromatic rings. The van der Waals surface area contributed by atoms with Crippen LogP contribution in [-0.2, 0) is 42.9 Å². The van der Waals surface area contributed by atoms with E-state index in [1.807, 2.05) is 0 Å². The van der Waals surface area contributed by atoms with Gasteiger partial charge in [-0.3, -0.25) is 14.4 Å². The number of rotatable bonds is 47. The Bertz CT molecular complexity index is 1850. The van der Waals surface area contributed by atoms with Gasteiger partial charge in [0.25, 0.3) is 0 Å². The number of esters is 3. The number of hydrogen-bond donors (Lipinski definition) is 3. The Morgan fingerprint density at radius 3 is 1.29 bits per heavy atom. The van der Waals surface area contributed by atoms with E-state index in [0.29, 0.717) is 25.7 Å². The van der Waals surface area contributed by atoms with Gasteiger partial charge in [-0.15, -0.1) is 0 Å². The van der Waals surface area contributed by atoms with Crippen LogP contribution in [0.15, 0.2) is 134 Å². The number of carbonyl (C=O) groups is 4. The first kappa shape index (κ1) is 69.9. The fourth-order valence-corrected chi connectivity index (χ4v) is 7.77. The minimum atomic E-state index is -1.93. The molecule has 0 aliphatic carbocycles. The summed E-state index contributed by atoms with van der Waals surface area (Å²) in [5, 5.41) is 31.5. The summed E-state index contributed by atoms with van der Waals surface area (Å²) in [4.78, 5) is 51.1. The van der Waals surface area contributed by atoms with Crippen molar-refractivity contribution in [3.63, 3.8) is 0 Å². The largest absolute Gasteiger partial charge is 0.479 e. The van der Waals surface area contributed by atoms with E-state index in [0.717, 1.165) is 135 Å². The van der Waals surface area contributed by atoms with Crippen LogP contribution in [0.5, 0.6) is 0 Å². The van der Waals surface area contributed by atoms with Crippen molar-refractivity contribution in [1.29, 1.82) is 0 Å². The van der Waals surface area contributed by atoms with E-state index in [9.17, 15) is 34.5 Å². The van der Waals surface area contributed by atoms with Crippen molar-refractivity contribution in [3.8, 4) is 0 Å². The van der Waals surface area contributed by atoms with Gasteiger partial charge in [-0.25, -0.2) is 4.79 Å². The Hall–Kier alpha value is -5.14. The summed E-state index contributed by atoms with van der Waals surface area (Å²) in [6.45, 7) is 5.62. The van der Waals surface area contributed by atoms with Crippen molar-refractivity contribution in [1.82, 2.24) is 0 Å². The Balaban J connectivity index is 2.75. The molecule has 432 valence electrons. The summed E-state index contributed by atoms with van der Waals surface area (Å²) < 4.78 is 28.3. The summed E-state index contributed by atoms with van der Waals surface area (Å²) in [6, 6.07) is 0. The molecule has 1 aliphatic heterocycles. The number of allylic oxidation sites excluding steroid dienone is 22. The van der Waals surface area contributed by atoms with Crippen molar-refractivity contribution in [2.24, 2.45) is 0 Å². The number of carboxylic acids is 1. The number of unbranched alkanes of at least 4 members (excludes halogenated alkanes) is 11. The molecule has 77 heavy (non-hydrogen) atoms. The Kier molecular flexibility index (Phi) is 46.8. The number of aliphatic carboxylic acids is 1. The molecule has 3 N–H and O–H groups in total. The summed E-state index contributed by atoms with van der Waals surface area (Å²) in [5.41, 5.74) is 0. The second-order valence-electron chi connectivity index (χ2n) is 19.2. The third kappa shape index (κ3) is 41.6. The molecular weight excluding hydrogens is 973 g/mol. The third-order valence-electron chi connectivity index (χ3n) is 12.2. The maximum absolute atomic E-state index is 13.1. The molecule has 1 heterocycles. The van der Waals surface area contributed by atoms with E-state index >= 15 is 0 Å². The van der Waals surface area contributed by atoms with Crippen molar-refractivity contribution in [3.05, 3.63) is 134 Å². The number of aliphatic hydroxyl groups is 2. The van der Waals surface area contributed by atoms with Crippen LogP contribution < -0.4 is 0 Å². The highest BCUT2D eigenvalue weighted by Crippen LogP contribution is 2.26. The zero-order chi connectivity index (χ0) is 56.1. The van der Waals surface area contributed by atoms with Crippen LogP contribution in [0, 0.1) is 0 Å². The van der Waals surface area contributed by atoms with E-state index in [1.54, 1.807) is 0 Å². The van der Waals surface area contributed by atoms with Gasteiger partial charge in [0.05, 0.1) is 6.61 Å². The van der Waals surface area contributed by atoms with Gasteiger partial charge in [-0.2, -0.15) is 0 Å². The Morgan fingerprint density at radius 2 is 0.818 bits per heavy atom. The first-order chi connectivity index (χ1) is 37.6. The number of aliphatic hydroxyl groups excluding tert-OH is 2. The lowest BCUT2D eigenvalue weighted by molar-refractivity contribution is -0.301. The minimum Gasteiger partial charge on any atom is -0.479 e. The molecule has 0 radical (unpaired) electrons. The molecule has 0 saturated carbocycles. The van der Waals surface area contributed by atoms with Gasteiger partial charge in [-0.05, 0) is 128 Å². The van der Waals surface area contributed by atoms with E-state index in [1.165, 1.54) is 0 Å². The number of carboxylic acid groups (broad SMARTS) is 1. The second kappa shape index (κ2) is 51.6. The lowest BCUT2D eigenvalue weighted by Gasteiger charge is -2.40. The van der Waals surface area contributed by atoms with E-state index in [2.05, 4.69) is 154 Å². The molecular formula is C65H100O12. The molecule has 0 aromatic heterocycles. The zero-order valence-electron chi connectivity index (χ0n) is 47.4. The molecule has 6 atom stereocenters. The summed E-state index contributed by atoms with van der Waals surface area (Å²) in [7, 11) is 0. The molecule has 12 heteroatoms. The van der Waals surface area contributed by atoms with E-state index in [4.69, 9.17) is 23.7 Å². The highest BCUT2D eigenvalue weighted by atomic mass is 16.7. The van der Waals surface area contributed by atoms with E-state index < -0.39 is 67.3 Å². The fraction of sp³-hybridized carbons (Fsp3) is 0.600. The molecule has 0 bridgehead atoms. The lowest BCUT2D eigenvalue weighted by Crippen LogP contribution is -2.61. The summed E-state index contributed by atoms with van der Waals surface area (Å²) >= 11 is 0. The van der Waals surface area contributed by atoms with Gasteiger partial charge in [0, 0.05) is 19.3 Å². The van der Waals surface area contributed by atoms with Crippen LogP contribution in [0.4, 0.5) is 0 Å². The topological polar surface area (TPSA) is 175 Å². The molecule has 0 spiro atoms. The molecule has 1 fully saturated rings. The highest BCUT2D eigenvalue weighted by molar-refractivity contribution is 5.74. The molecule has 12 nitrogen and oxygen atoms in total. The van der Waals surface area contributed by atoms with Gasteiger partial charge < -0.3 is 39.0 Å². The number of ether oxygens (including phenoxy) is 5. The Labute approximate surface area is 464 Å². The minimum absolute atomic E-state index is 0.00442. The maximum atomic E-state index is 13.1. The zero-order valence-corrected chi connectivity index (χ0v) is 47.4. The molecule has 1 saturated heterocycles. The normalized spacial score (nSPS) is 19.0. The quantitative estimate of drug-likeness (QED) is 0.0228. The standard InChI is InChI=1S/C65H100O12/c1-4-7-10-13-16-19-22-25-27-28-29-30-32-34-36-39-42-45-48-51-57(66)73-54-56(75-58(67)52-49-46-43-40-37-33-24-21-18-15-12-9-6-3)55-74-65-63(61(70)60(69)62(77-65)64(71)72)76-59(68)53-50-47-44-41-38-35-31-26-23-20-17-14-11-8-5-2/h7-8,10-12,15-17,19-21,24-27,29-31,34,36,38,41,56,60-63,65,69-70H,4-6,9,13-14,18,22-23,28,32-33,35,37,39-40,42-55H2,1-3H3,(H,71,72)/b10-7-,11-8-,15-12-,19-16-,20-17-,24-21-,27-25-,30-29-,31-26-,36-34-,41-38-. The van der Waals surface area contributed by atoms with E-state index in [-0.39, 0.29) is 25.9 Å². The number of hydrogen-bond acceptors (Lipinski definition) is 11. The van der Waals surface area contributed by atoms with Crippen LogP contribution in [0.3, 0.4) is 0 Å². The van der Waals surface area contributed by atoms with Crippen molar-refractivity contribution >= 4 is 23.9 Å². The van der Waals surface area contributed by atoms with Gasteiger partial charge in [-0.1, -0.05) is 187 Å². The predicted octanol–water partition coefficient (Wildman–Crippen LogP) is 15.0.